The number of rotatable bonds is 3. The maximum absolute atomic E-state index is 13.4. The van der Waals surface area contributed by atoms with Crippen LogP contribution in [0.5, 0.6) is 0 Å². The zero-order valence-corrected chi connectivity index (χ0v) is 10.2. The molecule has 1 aromatic rings. The largest absolute Gasteiger partial charge is 0.322 e. The van der Waals surface area contributed by atoms with Crippen LogP contribution in [0.2, 0.25) is 0 Å². The minimum absolute atomic E-state index is 0.0208. The Labute approximate surface area is 105 Å². The number of anilines is 1. The van der Waals surface area contributed by atoms with Gasteiger partial charge in [0.05, 0.1) is 11.7 Å². The van der Waals surface area contributed by atoms with Gasteiger partial charge in [0.1, 0.15) is 11.6 Å². The van der Waals surface area contributed by atoms with E-state index in [9.17, 15) is 13.6 Å². The van der Waals surface area contributed by atoms with Crippen LogP contribution in [0.15, 0.2) is 18.2 Å². The smallest absolute Gasteiger partial charge is 0.241 e. The molecule has 0 spiro atoms. The van der Waals surface area contributed by atoms with Crippen LogP contribution in [-0.4, -0.2) is 29.9 Å². The number of nitrogens with one attached hydrogen (secondary N) is 1. The van der Waals surface area contributed by atoms with Gasteiger partial charge in [-0.05, 0) is 45.0 Å². The number of benzene rings is 1. The summed E-state index contributed by atoms with van der Waals surface area (Å²) in [5.41, 5.74) is 0.0208. The Kier molecular flexibility index (Phi) is 3.91. The third-order valence-corrected chi connectivity index (χ3v) is 3.26. The number of nitrogens with zero attached hydrogens (tertiary/aromatic N) is 1. The Bertz CT molecular complexity index is 445. The maximum Gasteiger partial charge on any atom is 0.241 e. The molecule has 5 heteroatoms. The summed E-state index contributed by atoms with van der Waals surface area (Å²) in [6, 6.07) is 2.83. The summed E-state index contributed by atoms with van der Waals surface area (Å²) < 4.78 is 26.1. The number of carbonyl (C=O) groups excluding carboxylic acids is 1. The summed E-state index contributed by atoms with van der Waals surface area (Å²) in [6.45, 7) is 3.57. The van der Waals surface area contributed by atoms with E-state index in [1.807, 2.05) is 0 Å². The SMILES string of the molecule is C[C@@H](C(=O)Nc1ccc(F)cc1F)N1CCCC1. The molecule has 1 fully saturated rings. The predicted molar refractivity (Wildman–Crippen MR) is 65.3 cm³/mol. The van der Waals surface area contributed by atoms with Crippen LogP contribution < -0.4 is 5.32 Å². The summed E-state index contributed by atoms with van der Waals surface area (Å²) in [4.78, 5) is 14.0. The van der Waals surface area contributed by atoms with Gasteiger partial charge in [-0.3, -0.25) is 9.69 Å². The fraction of sp³-hybridized carbons (Fsp3) is 0.462. The lowest BCUT2D eigenvalue weighted by atomic mass is 10.2. The van der Waals surface area contributed by atoms with Crippen molar-refractivity contribution in [3.05, 3.63) is 29.8 Å². The van der Waals surface area contributed by atoms with Gasteiger partial charge < -0.3 is 5.32 Å². The van der Waals surface area contributed by atoms with Gasteiger partial charge in [0.2, 0.25) is 5.91 Å². The normalized spacial score (nSPS) is 17.7. The molecule has 0 unspecified atom stereocenters. The highest BCUT2D eigenvalue weighted by Crippen LogP contribution is 2.17. The average molecular weight is 254 g/mol. The molecule has 3 nitrogen and oxygen atoms in total. The fourth-order valence-corrected chi connectivity index (χ4v) is 2.12. The molecule has 0 aliphatic carbocycles. The van der Waals surface area contributed by atoms with Crippen molar-refractivity contribution in [2.24, 2.45) is 0 Å². The maximum atomic E-state index is 13.4. The Balaban J connectivity index is 2.01. The van der Waals surface area contributed by atoms with Crippen molar-refractivity contribution in [2.75, 3.05) is 18.4 Å². The molecule has 1 saturated heterocycles. The molecular weight excluding hydrogens is 238 g/mol. The molecule has 0 bridgehead atoms. The summed E-state index contributed by atoms with van der Waals surface area (Å²) in [7, 11) is 0. The van der Waals surface area contributed by atoms with Gasteiger partial charge in [-0.25, -0.2) is 8.78 Å². The van der Waals surface area contributed by atoms with E-state index in [1.54, 1.807) is 6.92 Å². The lowest BCUT2D eigenvalue weighted by Gasteiger charge is -2.22. The highest BCUT2D eigenvalue weighted by atomic mass is 19.1. The second-order valence-electron chi connectivity index (χ2n) is 4.53. The van der Waals surface area contributed by atoms with Crippen molar-refractivity contribution < 1.29 is 13.6 Å². The Morgan fingerprint density at radius 2 is 2.00 bits per heavy atom. The van der Waals surface area contributed by atoms with E-state index < -0.39 is 11.6 Å². The van der Waals surface area contributed by atoms with Crippen LogP contribution in [-0.2, 0) is 4.79 Å². The summed E-state index contributed by atoms with van der Waals surface area (Å²) in [5.74, 6) is -1.67. The predicted octanol–water partition coefficient (Wildman–Crippen LogP) is 2.39. The van der Waals surface area contributed by atoms with Gasteiger partial charge in [-0.2, -0.15) is 0 Å². The first kappa shape index (κ1) is 13.0. The van der Waals surface area contributed by atoms with Crippen molar-refractivity contribution in [3.63, 3.8) is 0 Å². The zero-order chi connectivity index (χ0) is 13.1. The summed E-state index contributed by atoms with van der Waals surface area (Å²) >= 11 is 0. The van der Waals surface area contributed by atoms with Crippen molar-refractivity contribution in [1.29, 1.82) is 0 Å². The van der Waals surface area contributed by atoms with E-state index in [0.717, 1.165) is 38.1 Å². The zero-order valence-electron chi connectivity index (χ0n) is 10.2. The molecule has 1 aromatic carbocycles. The van der Waals surface area contributed by atoms with Gasteiger partial charge in [0.15, 0.2) is 0 Å². The van der Waals surface area contributed by atoms with E-state index in [4.69, 9.17) is 0 Å². The van der Waals surface area contributed by atoms with E-state index in [2.05, 4.69) is 10.2 Å². The van der Waals surface area contributed by atoms with Gasteiger partial charge in [-0.15, -0.1) is 0 Å². The van der Waals surface area contributed by atoms with Crippen LogP contribution in [0.4, 0.5) is 14.5 Å². The van der Waals surface area contributed by atoms with Crippen molar-refractivity contribution in [1.82, 2.24) is 4.90 Å². The molecule has 2 rings (SSSR count). The van der Waals surface area contributed by atoms with Crippen LogP contribution in [0.1, 0.15) is 19.8 Å². The highest BCUT2D eigenvalue weighted by Gasteiger charge is 2.24. The first-order valence-corrected chi connectivity index (χ1v) is 6.08. The van der Waals surface area contributed by atoms with Gasteiger partial charge in [0, 0.05) is 6.07 Å². The monoisotopic (exact) mass is 254 g/mol. The lowest BCUT2D eigenvalue weighted by molar-refractivity contribution is -0.120. The third kappa shape index (κ3) is 2.85. The number of amides is 1. The number of halogens is 2. The molecule has 1 atom stereocenters. The molecule has 1 amide bonds. The lowest BCUT2D eigenvalue weighted by Crippen LogP contribution is -2.40. The van der Waals surface area contributed by atoms with Crippen LogP contribution >= 0.6 is 0 Å². The Morgan fingerprint density at radius 3 is 2.61 bits per heavy atom. The number of hydrogen-bond acceptors (Lipinski definition) is 2. The first-order valence-electron chi connectivity index (χ1n) is 6.08. The molecule has 98 valence electrons. The highest BCUT2D eigenvalue weighted by molar-refractivity contribution is 5.94. The van der Waals surface area contributed by atoms with E-state index in [0.29, 0.717) is 0 Å². The van der Waals surface area contributed by atoms with Crippen molar-refractivity contribution in [2.45, 2.75) is 25.8 Å². The standard InChI is InChI=1S/C13H16F2N2O/c1-9(17-6-2-3-7-17)13(18)16-12-5-4-10(14)8-11(12)15/h4-5,8-9H,2-3,6-7H2,1H3,(H,16,18)/t9-/m0/s1. The molecule has 1 aliphatic rings. The molecule has 1 aliphatic heterocycles. The number of hydrogen-bond donors (Lipinski definition) is 1. The molecule has 0 aromatic heterocycles. The second kappa shape index (κ2) is 5.44. The molecule has 18 heavy (non-hydrogen) atoms. The van der Waals surface area contributed by atoms with Crippen LogP contribution in [0.3, 0.4) is 0 Å². The summed E-state index contributed by atoms with van der Waals surface area (Å²) in [6.07, 6.45) is 2.17. The van der Waals surface area contributed by atoms with E-state index in [1.165, 1.54) is 6.07 Å². The fourth-order valence-electron chi connectivity index (χ4n) is 2.12. The third-order valence-electron chi connectivity index (χ3n) is 3.26. The van der Waals surface area contributed by atoms with Crippen molar-refractivity contribution in [3.8, 4) is 0 Å². The van der Waals surface area contributed by atoms with Crippen molar-refractivity contribution >= 4 is 11.6 Å². The van der Waals surface area contributed by atoms with E-state index in [-0.39, 0.29) is 17.6 Å². The number of carbonyl (C=O) groups is 1. The minimum Gasteiger partial charge on any atom is -0.322 e. The number of likely N-dealkylation sites (tertiary alicyclic amines) is 1. The molecule has 0 radical (unpaired) electrons. The van der Waals surface area contributed by atoms with Gasteiger partial charge >= 0.3 is 0 Å². The molecule has 1 N–H and O–H groups in total. The quantitative estimate of drug-likeness (QED) is 0.898. The second-order valence-corrected chi connectivity index (χ2v) is 4.53. The Hall–Kier alpha value is -1.49. The topological polar surface area (TPSA) is 32.3 Å². The Morgan fingerprint density at radius 1 is 1.33 bits per heavy atom. The van der Waals surface area contributed by atoms with Crippen LogP contribution in [0.25, 0.3) is 0 Å². The van der Waals surface area contributed by atoms with Crippen LogP contribution in [0, 0.1) is 11.6 Å². The molecular formula is C13H16F2N2O. The summed E-state index contributed by atoms with van der Waals surface area (Å²) in [5, 5.41) is 2.49. The van der Waals surface area contributed by atoms with Gasteiger partial charge in [-0.1, -0.05) is 0 Å². The minimum atomic E-state index is -0.753. The van der Waals surface area contributed by atoms with Gasteiger partial charge in [0.25, 0.3) is 0 Å². The molecule has 0 saturated carbocycles. The average Bonchev–Trinajstić information content (AvgIpc) is 2.85. The first-order chi connectivity index (χ1) is 8.58. The van der Waals surface area contributed by atoms with E-state index >= 15 is 0 Å². The molecule has 1 heterocycles.